The van der Waals surface area contributed by atoms with Gasteiger partial charge in [-0.3, -0.25) is 4.79 Å². The fourth-order valence-electron chi connectivity index (χ4n) is 5.82. The van der Waals surface area contributed by atoms with Crippen molar-refractivity contribution in [2.24, 2.45) is 35.5 Å². The number of nitrogens with zero attached hydrogens (tertiary/aromatic N) is 2. The van der Waals surface area contributed by atoms with E-state index in [1.807, 2.05) is 4.90 Å². The average molecular weight is 272 g/mol. The van der Waals surface area contributed by atoms with Crippen LogP contribution in [0.15, 0.2) is 0 Å². The molecule has 1 aliphatic heterocycles. The normalized spacial score (nSPS) is 46.2. The van der Waals surface area contributed by atoms with Gasteiger partial charge in [-0.15, -0.1) is 0 Å². The Hall–Kier alpha value is -1.04. The van der Waals surface area contributed by atoms with Crippen LogP contribution in [0.25, 0.3) is 0 Å². The summed E-state index contributed by atoms with van der Waals surface area (Å²) >= 11 is 0. The Morgan fingerprint density at radius 2 is 1.70 bits per heavy atom. The first-order chi connectivity index (χ1) is 9.74. The average Bonchev–Trinajstić information content (AvgIpc) is 2.46. The minimum absolute atomic E-state index is 0.0736. The van der Waals surface area contributed by atoms with Crippen LogP contribution in [0.2, 0.25) is 0 Å². The van der Waals surface area contributed by atoms with Gasteiger partial charge in [0.15, 0.2) is 0 Å². The Balaban J connectivity index is 1.50. The SMILES string of the molecule is N#CC1CCCN(C(=O)C2C3CC4CC(C3)CC2C4)C1. The molecule has 0 aromatic carbocycles. The molecule has 20 heavy (non-hydrogen) atoms. The minimum Gasteiger partial charge on any atom is -0.341 e. The van der Waals surface area contributed by atoms with Gasteiger partial charge in [0.05, 0.1) is 12.0 Å². The van der Waals surface area contributed by atoms with Crippen molar-refractivity contribution in [3.05, 3.63) is 0 Å². The van der Waals surface area contributed by atoms with E-state index in [1.54, 1.807) is 0 Å². The largest absolute Gasteiger partial charge is 0.341 e. The summed E-state index contributed by atoms with van der Waals surface area (Å²) in [4.78, 5) is 15.0. The van der Waals surface area contributed by atoms with Crippen LogP contribution in [0.3, 0.4) is 0 Å². The Labute approximate surface area is 121 Å². The number of hydrogen-bond acceptors (Lipinski definition) is 2. The van der Waals surface area contributed by atoms with Crippen molar-refractivity contribution in [1.82, 2.24) is 4.90 Å². The third kappa shape index (κ3) is 1.96. The molecule has 5 aliphatic rings. The van der Waals surface area contributed by atoms with E-state index in [0.29, 0.717) is 30.2 Å². The highest BCUT2D eigenvalue weighted by Crippen LogP contribution is 2.56. The molecule has 1 unspecified atom stereocenters. The van der Waals surface area contributed by atoms with Crippen molar-refractivity contribution in [3.8, 4) is 6.07 Å². The predicted octanol–water partition coefficient (Wildman–Crippen LogP) is 2.82. The minimum atomic E-state index is 0.0736. The fourth-order valence-corrected chi connectivity index (χ4v) is 5.82. The first-order valence-electron chi connectivity index (χ1n) is 8.43. The summed E-state index contributed by atoms with van der Waals surface area (Å²) in [5.74, 6) is 3.97. The second kappa shape index (κ2) is 4.76. The first kappa shape index (κ1) is 12.7. The zero-order chi connectivity index (χ0) is 13.7. The zero-order valence-electron chi connectivity index (χ0n) is 12.1. The summed E-state index contributed by atoms with van der Waals surface area (Å²) in [7, 11) is 0. The van der Waals surface area contributed by atoms with Crippen LogP contribution in [0.4, 0.5) is 0 Å². The van der Waals surface area contributed by atoms with Gasteiger partial charge in [0.2, 0.25) is 5.91 Å². The first-order valence-corrected chi connectivity index (χ1v) is 8.43. The molecular formula is C17H24N2O. The lowest BCUT2D eigenvalue weighted by Crippen LogP contribution is -2.53. The van der Waals surface area contributed by atoms with Gasteiger partial charge in [0.25, 0.3) is 0 Å². The number of piperidine rings is 1. The van der Waals surface area contributed by atoms with Crippen LogP contribution in [-0.2, 0) is 4.79 Å². The maximum Gasteiger partial charge on any atom is 0.226 e. The van der Waals surface area contributed by atoms with Gasteiger partial charge in [-0.25, -0.2) is 0 Å². The van der Waals surface area contributed by atoms with Crippen molar-refractivity contribution in [1.29, 1.82) is 5.26 Å². The van der Waals surface area contributed by atoms with Crippen LogP contribution in [-0.4, -0.2) is 23.9 Å². The summed E-state index contributed by atoms with van der Waals surface area (Å²) in [6, 6.07) is 2.36. The second-order valence-corrected chi connectivity index (χ2v) is 7.71. The van der Waals surface area contributed by atoms with E-state index in [0.717, 1.165) is 31.2 Å². The molecule has 1 atom stereocenters. The molecule has 5 rings (SSSR count). The van der Waals surface area contributed by atoms with Crippen LogP contribution in [0, 0.1) is 46.8 Å². The van der Waals surface area contributed by atoms with E-state index in [4.69, 9.17) is 5.26 Å². The van der Waals surface area contributed by atoms with Gasteiger partial charge in [0, 0.05) is 19.0 Å². The molecule has 5 fully saturated rings. The number of rotatable bonds is 1. The standard InChI is InChI=1S/C17H24N2O/c18-9-11-2-1-3-19(10-11)17(20)16-14-5-12-4-13(7-14)8-15(16)6-12/h11-16H,1-8,10H2. The molecule has 4 bridgehead atoms. The van der Waals surface area contributed by atoms with Gasteiger partial charge in [0.1, 0.15) is 0 Å². The Bertz CT molecular complexity index is 424. The van der Waals surface area contributed by atoms with Gasteiger partial charge < -0.3 is 4.90 Å². The maximum absolute atomic E-state index is 13.0. The summed E-state index contributed by atoms with van der Waals surface area (Å²) in [6.07, 6.45) is 8.64. The molecule has 1 saturated heterocycles. The number of carbonyl (C=O) groups is 1. The van der Waals surface area contributed by atoms with Crippen molar-refractivity contribution in [2.75, 3.05) is 13.1 Å². The third-order valence-electron chi connectivity index (χ3n) is 6.43. The van der Waals surface area contributed by atoms with Gasteiger partial charge in [-0.1, -0.05) is 0 Å². The maximum atomic E-state index is 13.0. The van der Waals surface area contributed by atoms with E-state index < -0.39 is 0 Å². The lowest BCUT2D eigenvalue weighted by Gasteiger charge is -2.54. The van der Waals surface area contributed by atoms with Crippen LogP contribution < -0.4 is 0 Å². The lowest BCUT2D eigenvalue weighted by atomic mass is 9.51. The van der Waals surface area contributed by atoms with Gasteiger partial charge in [-0.05, 0) is 68.6 Å². The fraction of sp³-hybridized carbons (Fsp3) is 0.882. The molecule has 4 saturated carbocycles. The number of amides is 1. The number of hydrogen-bond donors (Lipinski definition) is 0. The summed E-state index contributed by atoms with van der Waals surface area (Å²) in [6.45, 7) is 1.58. The number of nitriles is 1. The molecule has 0 aromatic heterocycles. The molecule has 0 aromatic rings. The molecule has 1 amide bonds. The lowest BCUT2D eigenvalue weighted by molar-refractivity contribution is -0.150. The molecular weight excluding hydrogens is 248 g/mol. The highest BCUT2D eigenvalue weighted by Gasteiger charge is 2.51. The predicted molar refractivity (Wildman–Crippen MR) is 75.5 cm³/mol. The molecule has 4 aliphatic carbocycles. The van der Waals surface area contributed by atoms with E-state index in [1.165, 1.54) is 32.1 Å². The topological polar surface area (TPSA) is 44.1 Å². The van der Waals surface area contributed by atoms with Crippen molar-refractivity contribution < 1.29 is 4.79 Å². The Morgan fingerprint density at radius 1 is 1.05 bits per heavy atom. The highest BCUT2D eigenvalue weighted by molar-refractivity contribution is 5.80. The van der Waals surface area contributed by atoms with Crippen LogP contribution in [0.5, 0.6) is 0 Å². The van der Waals surface area contributed by atoms with E-state index >= 15 is 0 Å². The van der Waals surface area contributed by atoms with Crippen LogP contribution in [0.1, 0.15) is 44.9 Å². The molecule has 0 radical (unpaired) electrons. The van der Waals surface area contributed by atoms with Crippen molar-refractivity contribution >= 4 is 5.91 Å². The molecule has 1 heterocycles. The Morgan fingerprint density at radius 3 is 2.30 bits per heavy atom. The van der Waals surface area contributed by atoms with Crippen LogP contribution >= 0.6 is 0 Å². The summed E-state index contributed by atoms with van der Waals surface area (Å²) in [5, 5.41) is 9.11. The third-order valence-corrected chi connectivity index (χ3v) is 6.43. The van der Waals surface area contributed by atoms with E-state index in [2.05, 4.69) is 6.07 Å². The molecule has 0 N–H and O–H groups in total. The van der Waals surface area contributed by atoms with E-state index in [9.17, 15) is 4.79 Å². The van der Waals surface area contributed by atoms with E-state index in [-0.39, 0.29) is 5.92 Å². The molecule has 0 spiro atoms. The molecule has 3 nitrogen and oxygen atoms in total. The second-order valence-electron chi connectivity index (χ2n) is 7.71. The van der Waals surface area contributed by atoms with Crippen molar-refractivity contribution in [3.63, 3.8) is 0 Å². The van der Waals surface area contributed by atoms with Gasteiger partial charge >= 0.3 is 0 Å². The monoisotopic (exact) mass is 272 g/mol. The summed E-state index contributed by atoms with van der Waals surface area (Å²) < 4.78 is 0. The van der Waals surface area contributed by atoms with Crippen molar-refractivity contribution in [2.45, 2.75) is 44.9 Å². The number of carbonyl (C=O) groups excluding carboxylic acids is 1. The molecule has 3 heteroatoms. The quantitative estimate of drug-likeness (QED) is 0.736. The zero-order valence-corrected chi connectivity index (χ0v) is 12.1. The number of likely N-dealkylation sites (tertiary alicyclic amines) is 1. The molecule has 108 valence electrons. The van der Waals surface area contributed by atoms with Gasteiger partial charge in [-0.2, -0.15) is 5.26 Å². The Kier molecular flexibility index (Phi) is 3.02. The highest BCUT2D eigenvalue weighted by atomic mass is 16.2. The summed E-state index contributed by atoms with van der Waals surface area (Å²) in [5.41, 5.74) is 0. The smallest absolute Gasteiger partial charge is 0.226 e.